The smallest absolute Gasteiger partial charge is 0.305 e. The van der Waals surface area contributed by atoms with Gasteiger partial charge in [-0.15, -0.1) is 0 Å². The molecule has 0 radical (unpaired) electrons. The van der Waals surface area contributed by atoms with Crippen molar-refractivity contribution in [3.8, 4) is 0 Å². The summed E-state index contributed by atoms with van der Waals surface area (Å²) in [6.45, 7) is 11.8. The van der Waals surface area contributed by atoms with Crippen molar-refractivity contribution in [1.82, 2.24) is 10.2 Å². The number of nitrogens with zero attached hydrogens (tertiary/aromatic N) is 2. The Morgan fingerprint density at radius 1 is 1.05 bits per heavy atom. The highest BCUT2D eigenvalue weighted by molar-refractivity contribution is 6.40. The van der Waals surface area contributed by atoms with Crippen LogP contribution in [0.1, 0.15) is 76.0 Å². The maximum Gasteiger partial charge on any atom is 0.305 e. The summed E-state index contributed by atoms with van der Waals surface area (Å²) in [5.74, 6) is -0.140. The molecule has 0 aromatic heterocycles. The number of amides is 1. The number of benzene rings is 2. The Kier molecular flexibility index (Phi) is 8.39. The summed E-state index contributed by atoms with van der Waals surface area (Å²) in [5, 5.41) is 11.9. The topological polar surface area (TPSA) is 82.0 Å². The SMILES string of the molecule is C=C(NCCC(=O)O)c1ccc(CN2C(=O)C(CCc3ccccc3)=NC23CCC(C(C)(C)C)CC3)cc1. The molecule has 2 aromatic rings. The Morgan fingerprint density at radius 2 is 1.71 bits per heavy atom. The number of aliphatic carboxylic acids is 1. The summed E-state index contributed by atoms with van der Waals surface area (Å²) in [5.41, 5.74) is 4.38. The van der Waals surface area contributed by atoms with Crippen LogP contribution in [0, 0.1) is 11.3 Å². The summed E-state index contributed by atoms with van der Waals surface area (Å²) in [6, 6.07) is 18.3. The molecule has 1 amide bonds. The fourth-order valence-electron chi connectivity index (χ4n) is 5.74. The van der Waals surface area contributed by atoms with E-state index in [1.54, 1.807) is 0 Å². The van der Waals surface area contributed by atoms with Crippen LogP contribution in [-0.2, 0) is 22.6 Å². The summed E-state index contributed by atoms with van der Waals surface area (Å²) in [6.07, 6.45) is 5.46. The monoisotopic (exact) mass is 515 g/mol. The van der Waals surface area contributed by atoms with Crippen molar-refractivity contribution >= 4 is 23.3 Å². The van der Waals surface area contributed by atoms with Gasteiger partial charge < -0.3 is 15.3 Å². The first-order chi connectivity index (χ1) is 18.1. The fraction of sp³-hybridized carbons (Fsp3) is 0.469. The molecule has 4 rings (SSSR count). The summed E-state index contributed by atoms with van der Waals surface area (Å²) < 4.78 is 0. The minimum absolute atomic E-state index is 0.0406. The molecule has 2 aromatic carbocycles. The molecule has 1 heterocycles. The number of carbonyl (C=O) groups is 2. The highest BCUT2D eigenvalue weighted by Gasteiger charge is 2.49. The minimum atomic E-state index is -0.841. The van der Waals surface area contributed by atoms with Gasteiger partial charge in [0.05, 0.1) is 6.42 Å². The van der Waals surface area contributed by atoms with Crippen LogP contribution in [0.3, 0.4) is 0 Å². The molecule has 0 saturated heterocycles. The maximum absolute atomic E-state index is 13.8. The third-order valence-electron chi connectivity index (χ3n) is 8.16. The Balaban J connectivity index is 1.49. The van der Waals surface area contributed by atoms with Crippen LogP contribution in [0.15, 0.2) is 66.2 Å². The van der Waals surface area contributed by atoms with Crippen LogP contribution in [0.2, 0.25) is 0 Å². The molecule has 1 fully saturated rings. The molecular formula is C32H41N3O3. The Morgan fingerprint density at radius 3 is 2.32 bits per heavy atom. The van der Waals surface area contributed by atoms with E-state index in [2.05, 4.69) is 44.8 Å². The van der Waals surface area contributed by atoms with Crippen LogP contribution in [0.5, 0.6) is 0 Å². The van der Waals surface area contributed by atoms with E-state index in [1.165, 1.54) is 5.56 Å². The van der Waals surface area contributed by atoms with Crippen molar-refractivity contribution in [1.29, 1.82) is 0 Å². The lowest BCUT2D eigenvalue weighted by atomic mass is 9.69. The van der Waals surface area contributed by atoms with Gasteiger partial charge in [-0.05, 0) is 66.5 Å². The van der Waals surface area contributed by atoms with Gasteiger partial charge >= 0.3 is 5.97 Å². The molecule has 2 N–H and O–H groups in total. The lowest BCUT2D eigenvalue weighted by Gasteiger charge is -2.45. The first kappa shape index (κ1) is 27.6. The molecule has 38 heavy (non-hydrogen) atoms. The van der Waals surface area contributed by atoms with Gasteiger partial charge in [0.25, 0.3) is 5.91 Å². The summed E-state index contributed by atoms with van der Waals surface area (Å²) >= 11 is 0. The second kappa shape index (κ2) is 11.5. The molecule has 1 aliphatic heterocycles. The van der Waals surface area contributed by atoms with Crippen LogP contribution < -0.4 is 5.32 Å². The van der Waals surface area contributed by atoms with E-state index in [1.807, 2.05) is 47.4 Å². The summed E-state index contributed by atoms with van der Waals surface area (Å²) in [4.78, 5) is 31.7. The molecule has 0 bridgehead atoms. The van der Waals surface area contributed by atoms with Crippen molar-refractivity contribution in [2.24, 2.45) is 16.3 Å². The van der Waals surface area contributed by atoms with E-state index >= 15 is 0 Å². The van der Waals surface area contributed by atoms with E-state index in [0.29, 0.717) is 36.8 Å². The zero-order valence-corrected chi connectivity index (χ0v) is 23.0. The molecule has 0 atom stereocenters. The quantitative estimate of drug-likeness (QED) is 0.402. The largest absolute Gasteiger partial charge is 0.481 e. The lowest BCUT2D eigenvalue weighted by molar-refractivity contribution is -0.136. The molecule has 6 heteroatoms. The Labute approximate surface area is 226 Å². The van der Waals surface area contributed by atoms with Gasteiger partial charge in [0.2, 0.25) is 0 Å². The first-order valence-electron chi connectivity index (χ1n) is 13.8. The molecular weight excluding hydrogens is 474 g/mol. The molecule has 0 unspecified atom stereocenters. The van der Waals surface area contributed by atoms with E-state index in [0.717, 1.165) is 43.2 Å². The van der Waals surface area contributed by atoms with Crippen molar-refractivity contribution in [3.05, 3.63) is 77.9 Å². The Bertz CT molecular complexity index is 1170. The second-order valence-corrected chi connectivity index (χ2v) is 11.8. The molecule has 1 aliphatic carbocycles. The predicted octanol–water partition coefficient (Wildman–Crippen LogP) is 6.07. The summed E-state index contributed by atoms with van der Waals surface area (Å²) in [7, 11) is 0. The molecule has 202 valence electrons. The van der Waals surface area contributed by atoms with Gasteiger partial charge in [0, 0.05) is 18.8 Å². The second-order valence-electron chi connectivity index (χ2n) is 11.8. The van der Waals surface area contributed by atoms with Gasteiger partial charge in [-0.2, -0.15) is 0 Å². The zero-order chi connectivity index (χ0) is 27.3. The molecule has 1 spiro atoms. The normalized spacial score (nSPS) is 21.4. The Hall–Kier alpha value is -3.41. The zero-order valence-electron chi connectivity index (χ0n) is 23.0. The van der Waals surface area contributed by atoms with Crippen LogP contribution in [-0.4, -0.2) is 39.8 Å². The first-order valence-corrected chi connectivity index (χ1v) is 13.8. The van der Waals surface area contributed by atoms with Crippen LogP contribution in [0.4, 0.5) is 0 Å². The average molecular weight is 516 g/mol. The highest BCUT2D eigenvalue weighted by atomic mass is 16.4. The third-order valence-corrected chi connectivity index (χ3v) is 8.16. The number of aliphatic imine (C=N–C) groups is 1. The number of nitrogens with one attached hydrogen (secondary N) is 1. The van der Waals surface area contributed by atoms with Gasteiger partial charge in [-0.1, -0.05) is 81.9 Å². The van der Waals surface area contributed by atoms with E-state index in [-0.39, 0.29) is 17.7 Å². The van der Waals surface area contributed by atoms with Crippen LogP contribution in [0.25, 0.3) is 5.70 Å². The molecule has 2 aliphatic rings. The molecule has 6 nitrogen and oxygen atoms in total. The maximum atomic E-state index is 13.8. The highest BCUT2D eigenvalue weighted by Crippen LogP contribution is 2.46. The van der Waals surface area contributed by atoms with Crippen molar-refractivity contribution < 1.29 is 14.7 Å². The number of aryl methyl sites for hydroxylation is 1. The number of rotatable bonds is 10. The third kappa shape index (κ3) is 6.53. The fourth-order valence-corrected chi connectivity index (χ4v) is 5.74. The predicted molar refractivity (Wildman–Crippen MR) is 153 cm³/mol. The molecule has 1 saturated carbocycles. The lowest BCUT2D eigenvalue weighted by Crippen LogP contribution is -2.49. The van der Waals surface area contributed by atoms with Gasteiger partial charge in [-0.3, -0.25) is 14.6 Å². The van der Waals surface area contributed by atoms with Gasteiger partial charge in [-0.25, -0.2) is 0 Å². The van der Waals surface area contributed by atoms with Crippen molar-refractivity contribution in [3.63, 3.8) is 0 Å². The standard InChI is InChI=1S/C32H41N3O3/c1-23(33-21-18-29(36)37)26-13-10-25(11-14-26)22-35-30(38)28(15-12-24-8-6-5-7-9-24)34-32(35)19-16-27(17-20-32)31(2,3)4/h5-11,13-14,27,33H,1,12,15-22H2,2-4H3,(H,36,37). The van der Waals surface area contributed by atoms with Gasteiger partial charge in [0.15, 0.2) is 0 Å². The number of carbonyl (C=O) groups excluding carboxylic acids is 1. The van der Waals surface area contributed by atoms with Gasteiger partial charge in [0.1, 0.15) is 11.4 Å². The van der Waals surface area contributed by atoms with E-state index in [9.17, 15) is 9.59 Å². The van der Waals surface area contributed by atoms with Crippen LogP contribution >= 0.6 is 0 Å². The van der Waals surface area contributed by atoms with E-state index in [4.69, 9.17) is 10.1 Å². The number of hydrogen-bond acceptors (Lipinski definition) is 4. The van der Waals surface area contributed by atoms with E-state index < -0.39 is 11.6 Å². The minimum Gasteiger partial charge on any atom is -0.481 e. The number of hydrogen-bond donors (Lipinski definition) is 2. The van der Waals surface area contributed by atoms with Crippen molar-refractivity contribution in [2.45, 2.75) is 77.9 Å². The average Bonchev–Trinajstić information content (AvgIpc) is 3.13. The number of carboxylic acid groups (broad SMARTS) is 1. The number of carboxylic acids is 1. The van der Waals surface area contributed by atoms with Crippen molar-refractivity contribution in [2.75, 3.05) is 6.54 Å².